The first-order chi connectivity index (χ1) is 7.99. The maximum Gasteiger partial charge on any atom is 0.305 e. The van der Waals surface area contributed by atoms with E-state index in [1.54, 1.807) is 31.2 Å². The van der Waals surface area contributed by atoms with Gasteiger partial charge in [-0.3, -0.25) is 4.79 Å². The molecule has 3 nitrogen and oxygen atoms in total. The molecule has 1 aromatic rings. The van der Waals surface area contributed by atoms with Crippen LogP contribution < -0.4 is 5.32 Å². The predicted molar refractivity (Wildman–Crippen MR) is 63.6 cm³/mol. The average Bonchev–Trinajstić information content (AvgIpc) is 2.18. The van der Waals surface area contributed by atoms with Gasteiger partial charge in [-0.05, 0) is 19.1 Å². The highest BCUT2D eigenvalue weighted by Crippen LogP contribution is 2.32. The molecule has 0 bridgehead atoms. The third-order valence-electron chi connectivity index (χ3n) is 1.99. The van der Waals surface area contributed by atoms with Crippen molar-refractivity contribution in [2.45, 2.75) is 30.0 Å². The van der Waals surface area contributed by atoms with Crippen molar-refractivity contribution in [3.8, 4) is 0 Å². The molecule has 0 saturated heterocycles. The Kier molecular flexibility index (Phi) is 5.21. The summed E-state index contributed by atoms with van der Waals surface area (Å²) in [4.78, 5) is 10.9. The molecule has 0 aliphatic heterocycles. The standard InChI is InChI=1S/C11H13F2NO2S/c1-7(6-10(15)16)14-8-4-2-3-5-9(8)17-11(12)13/h2-5,7,11,14H,6H2,1H3,(H,15,16). The first-order valence-electron chi connectivity index (χ1n) is 5.01. The quantitative estimate of drug-likeness (QED) is 0.772. The molecule has 2 N–H and O–H groups in total. The van der Waals surface area contributed by atoms with E-state index in [0.717, 1.165) is 0 Å². The van der Waals surface area contributed by atoms with Crippen molar-refractivity contribution >= 4 is 23.4 Å². The number of halogens is 2. The van der Waals surface area contributed by atoms with Gasteiger partial charge in [0.2, 0.25) is 0 Å². The van der Waals surface area contributed by atoms with E-state index in [-0.39, 0.29) is 12.5 Å². The summed E-state index contributed by atoms with van der Waals surface area (Å²) < 4.78 is 24.6. The Morgan fingerprint density at radius 1 is 1.47 bits per heavy atom. The predicted octanol–water partition coefficient (Wildman–Crippen LogP) is 3.28. The summed E-state index contributed by atoms with van der Waals surface area (Å²) in [6.45, 7) is 1.69. The van der Waals surface area contributed by atoms with E-state index in [1.165, 1.54) is 0 Å². The third-order valence-corrected chi connectivity index (χ3v) is 2.77. The lowest BCUT2D eigenvalue weighted by Gasteiger charge is -2.16. The minimum Gasteiger partial charge on any atom is -0.481 e. The first-order valence-corrected chi connectivity index (χ1v) is 5.89. The van der Waals surface area contributed by atoms with Gasteiger partial charge in [-0.15, -0.1) is 0 Å². The fraction of sp³-hybridized carbons (Fsp3) is 0.364. The molecule has 0 aromatic heterocycles. The number of aliphatic carboxylic acids is 1. The van der Waals surface area contributed by atoms with Crippen molar-refractivity contribution < 1.29 is 18.7 Å². The van der Waals surface area contributed by atoms with E-state index < -0.39 is 11.7 Å². The topological polar surface area (TPSA) is 49.3 Å². The van der Waals surface area contributed by atoms with Gasteiger partial charge >= 0.3 is 5.97 Å². The number of rotatable bonds is 6. The van der Waals surface area contributed by atoms with E-state index in [9.17, 15) is 13.6 Å². The Bertz CT molecular complexity index is 387. The van der Waals surface area contributed by atoms with Crippen LogP contribution in [0.3, 0.4) is 0 Å². The summed E-state index contributed by atoms with van der Waals surface area (Å²) in [6, 6.07) is 6.30. The molecule has 0 aliphatic carbocycles. The Morgan fingerprint density at radius 2 is 2.12 bits per heavy atom. The molecular weight excluding hydrogens is 248 g/mol. The van der Waals surface area contributed by atoms with Crippen molar-refractivity contribution in [1.29, 1.82) is 0 Å². The van der Waals surface area contributed by atoms with E-state index in [1.807, 2.05) is 0 Å². The van der Waals surface area contributed by atoms with Gasteiger partial charge in [0, 0.05) is 16.6 Å². The zero-order valence-corrected chi connectivity index (χ0v) is 10.0. The van der Waals surface area contributed by atoms with Crippen LogP contribution in [0.15, 0.2) is 29.2 Å². The van der Waals surface area contributed by atoms with E-state index in [0.29, 0.717) is 22.3 Å². The highest BCUT2D eigenvalue weighted by Gasteiger charge is 2.12. The zero-order chi connectivity index (χ0) is 12.8. The summed E-state index contributed by atoms with van der Waals surface area (Å²) in [5, 5.41) is 11.5. The monoisotopic (exact) mass is 261 g/mol. The number of hydrogen-bond acceptors (Lipinski definition) is 3. The van der Waals surface area contributed by atoms with Gasteiger partial charge in [0.1, 0.15) is 0 Å². The molecule has 0 spiro atoms. The van der Waals surface area contributed by atoms with Gasteiger partial charge in [-0.1, -0.05) is 23.9 Å². The minimum atomic E-state index is -2.49. The van der Waals surface area contributed by atoms with Crippen LogP contribution in [0.4, 0.5) is 14.5 Å². The largest absolute Gasteiger partial charge is 0.481 e. The molecule has 17 heavy (non-hydrogen) atoms. The number of anilines is 1. The summed E-state index contributed by atoms with van der Waals surface area (Å²) in [6.07, 6.45) is -0.0618. The van der Waals surface area contributed by atoms with Crippen LogP contribution in [0, 0.1) is 0 Å². The maximum absolute atomic E-state index is 12.3. The fourth-order valence-corrected chi connectivity index (χ4v) is 1.97. The van der Waals surface area contributed by atoms with E-state index >= 15 is 0 Å². The van der Waals surface area contributed by atoms with Crippen molar-refractivity contribution in [3.63, 3.8) is 0 Å². The van der Waals surface area contributed by atoms with E-state index in [4.69, 9.17) is 5.11 Å². The van der Waals surface area contributed by atoms with Gasteiger partial charge in [-0.25, -0.2) is 0 Å². The zero-order valence-electron chi connectivity index (χ0n) is 9.19. The fourth-order valence-electron chi connectivity index (χ4n) is 1.36. The van der Waals surface area contributed by atoms with Crippen molar-refractivity contribution in [2.24, 2.45) is 0 Å². The third kappa shape index (κ3) is 5.04. The van der Waals surface area contributed by atoms with Gasteiger partial charge in [0.25, 0.3) is 5.76 Å². The van der Waals surface area contributed by atoms with Crippen LogP contribution in [-0.4, -0.2) is 22.9 Å². The number of carboxylic acid groups (broad SMARTS) is 1. The molecular formula is C11H13F2NO2S. The molecule has 0 aliphatic rings. The first kappa shape index (κ1) is 13.8. The molecule has 0 fully saturated rings. The number of thioether (sulfide) groups is 1. The van der Waals surface area contributed by atoms with Crippen LogP contribution in [0.2, 0.25) is 0 Å². The van der Waals surface area contributed by atoms with Crippen LogP contribution in [0.1, 0.15) is 13.3 Å². The number of carbonyl (C=O) groups is 1. The van der Waals surface area contributed by atoms with Crippen LogP contribution in [-0.2, 0) is 4.79 Å². The van der Waals surface area contributed by atoms with Crippen LogP contribution in [0.25, 0.3) is 0 Å². The second-order valence-corrected chi connectivity index (χ2v) is 4.55. The number of para-hydroxylation sites is 1. The van der Waals surface area contributed by atoms with Gasteiger partial charge in [0.15, 0.2) is 0 Å². The molecule has 0 radical (unpaired) electrons. The Morgan fingerprint density at radius 3 is 2.71 bits per heavy atom. The lowest BCUT2D eigenvalue weighted by molar-refractivity contribution is -0.137. The van der Waals surface area contributed by atoms with Crippen molar-refractivity contribution in [1.82, 2.24) is 0 Å². The molecule has 0 amide bonds. The number of nitrogens with one attached hydrogen (secondary N) is 1. The van der Waals surface area contributed by atoms with Crippen molar-refractivity contribution in [2.75, 3.05) is 5.32 Å². The smallest absolute Gasteiger partial charge is 0.305 e. The van der Waals surface area contributed by atoms with Crippen molar-refractivity contribution in [3.05, 3.63) is 24.3 Å². The SMILES string of the molecule is CC(CC(=O)O)Nc1ccccc1SC(F)F. The Balaban J connectivity index is 2.72. The normalized spacial score (nSPS) is 12.5. The van der Waals surface area contributed by atoms with Gasteiger partial charge in [-0.2, -0.15) is 8.78 Å². The summed E-state index contributed by atoms with van der Waals surface area (Å²) >= 11 is 0.443. The molecule has 6 heteroatoms. The highest BCUT2D eigenvalue weighted by atomic mass is 32.2. The summed E-state index contributed by atoms with van der Waals surface area (Å²) in [5.41, 5.74) is 0.534. The number of alkyl halides is 2. The lowest BCUT2D eigenvalue weighted by Crippen LogP contribution is -2.19. The second kappa shape index (κ2) is 6.44. The van der Waals surface area contributed by atoms with Gasteiger partial charge in [0.05, 0.1) is 6.42 Å². The average molecular weight is 261 g/mol. The molecule has 0 saturated carbocycles. The number of carboxylic acids is 1. The molecule has 1 unspecified atom stereocenters. The van der Waals surface area contributed by atoms with Gasteiger partial charge < -0.3 is 10.4 Å². The molecule has 1 rings (SSSR count). The molecule has 1 atom stereocenters. The Hall–Kier alpha value is -1.30. The number of benzene rings is 1. The highest BCUT2D eigenvalue weighted by molar-refractivity contribution is 7.99. The van der Waals surface area contributed by atoms with E-state index in [2.05, 4.69) is 5.32 Å². The maximum atomic E-state index is 12.3. The molecule has 1 aromatic carbocycles. The van der Waals surface area contributed by atoms with Crippen LogP contribution in [0.5, 0.6) is 0 Å². The summed E-state index contributed by atoms with van der Waals surface area (Å²) in [7, 11) is 0. The summed E-state index contributed by atoms with van der Waals surface area (Å²) in [5.74, 6) is -3.42. The Labute approximate surface area is 102 Å². The second-order valence-electron chi connectivity index (χ2n) is 3.52. The molecule has 94 valence electrons. The number of hydrogen-bond donors (Lipinski definition) is 2. The molecule has 0 heterocycles. The minimum absolute atomic E-state index is 0.0618. The van der Waals surface area contributed by atoms with Crippen LogP contribution >= 0.6 is 11.8 Å². The lowest BCUT2D eigenvalue weighted by atomic mass is 10.2.